The van der Waals surface area contributed by atoms with Crippen LogP contribution >= 0.6 is 11.3 Å². The smallest absolute Gasteiger partial charge is 0.305 e. The third-order valence-electron chi connectivity index (χ3n) is 2.97. The first-order valence-electron chi connectivity index (χ1n) is 6.14. The SMILES string of the molecule is N#Cc1ccc(NS(=O)(=O)c2ccc3[nH]c(=O)sc3c2)cc1. The summed E-state index contributed by atoms with van der Waals surface area (Å²) in [6.07, 6.45) is 0. The number of aromatic nitrogens is 1. The van der Waals surface area contributed by atoms with E-state index in [-0.39, 0.29) is 9.77 Å². The van der Waals surface area contributed by atoms with Crippen LogP contribution in [0.25, 0.3) is 10.2 Å². The Labute approximate surface area is 129 Å². The van der Waals surface area contributed by atoms with E-state index in [1.54, 1.807) is 6.07 Å². The lowest BCUT2D eigenvalue weighted by atomic mass is 10.2. The molecule has 6 nitrogen and oxygen atoms in total. The van der Waals surface area contributed by atoms with Gasteiger partial charge in [-0.05, 0) is 42.5 Å². The van der Waals surface area contributed by atoms with Crippen LogP contribution in [-0.4, -0.2) is 13.4 Å². The molecule has 8 heteroatoms. The summed E-state index contributed by atoms with van der Waals surface area (Å²) in [6, 6.07) is 12.5. The molecular formula is C14H9N3O3S2. The van der Waals surface area contributed by atoms with Gasteiger partial charge in [-0.3, -0.25) is 9.52 Å². The highest BCUT2D eigenvalue weighted by Gasteiger charge is 2.15. The van der Waals surface area contributed by atoms with Crippen molar-refractivity contribution < 1.29 is 8.42 Å². The molecule has 0 saturated carbocycles. The second-order valence-corrected chi connectivity index (χ2v) is 7.16. The predicted molar refractivity (Wildman–Crippen MR) is 84.4 cm³/mol. The van der Waals surface area contributed by atoms with Gasteiger partial charge in [0.1, 0.15) is 0 Å². The Bertz CT molecular complexity index is 1040. The van der Waals surface area contributed by atoms with E-state index in [0.29, 0.717) is 21.5 Å². The fourth-order valence-electron chi connectivity index (χ4n) is 1.92. The van der Waals surface area contributed by atoms with Crippen molar-refractivity contribution in [2.24, 2.45) is 0 Å². The maximum atomic E-state index is 12.3. The summed E-state index contributed by atoms with van der Waals surface area (Å²) in [5, 5.41) is 8.73. The van der Waals surface area contributed by atoms with Crippen molar-refractivity contribution in [1.29, 1.82) is 5.26 Å². The summed E-state index contributed by atoms with van der Waals surface area (Å²) >= 11 is 0.954. The molecule has 3 rings (SSSR count). The molecular weight excluding hydrogens is 322 g/mol. The van der Waals surface area contributed by atoms with Gasteiger partial charge in [0.25, 0.3) is 10.0 Å². The Morgan fingerprint density at radius 3 is 2.55 bits per heavy atom. The first-order chi connectivity index (χ1) is 10.5. The second-order valence-electron chi connectivity index (χ2n) is 4.47. The lowest BCUT2D eigenvalue weighted by Gasteiger charge is -2.08. The van der Waals surface area contributed by atoms with Gasteiger partial charge in [0, 0.05) is 5.69 Å². The monoisotopic (exact) mass is 331 g/mol. The van der Waals surface area contributed by atoms with Crippen molar-refractivity contribution >= 4 is 37.3 Å². The Morgan fingerprint density at radius 1 is 1.14 bits per heavy atom. The summed E-state index contributed by atoms with van der Waals surface area (Å²) in [5.74, 6) is 0. The highest BCUT2D eigenvalue weighted by Crippen LogP contribution is 2.22. The molecule has 0 fully saturated rings. The molecule has 0 atom stereocenters. The summed E-state index contributed by atoms with van der Waals surface area (Å²) < 4.78 is 27.7. The average Bonchev–Trinajstić information content (AvgIpc) is 2.86. The number of sulfonamides is 1. The Hall–Kier alpha value is -2.63. The molecule has 0 aliphatic rings. The van der Waals surface area contributed by atoms with Gasteiger partial charge in [0.05, 0.1) is 26.7 Å². The molecule has 1 heterocycles. The molecule has 2 N–H and O–H groups in total. The number of nitrogens with one attached hydrogen (secondary N) is 2. The number of thiazole rings is 1. The zero-order valence-electron chi connectivity index (χ0n) is 11.0. The zero-order valence-corrected chi connectivity index (χ0v) is 12.7. The zero-order chi connectivity index (χ0) is 15.7. The van der Waals surface area contributed by atoms with Gasteiger partial charge in [0.2, 0.25) is 0 Å². The van der Waals surface area contributed by atoms with Crippen LogP contribution in [0.5, 0.6) is 0 Å². The highest BCUT2D eigenvalue weighted by atomic mass is 32.2. The van der Waals surface area contributed by atoms with E-state index in [1.165, 1.54) is 36.4 Å². The minimum Gasteiger partial charge on any atom is -0.312 e. The van der Waals surface area contributed by atoms with Gasteiger partial charge in [-0.2, -0.15) is 5.26 Å². The number of hydrogen-bond donors (Lipinski definition) is 2. The molecule has 0 bridgehead atoms. The Balaban J connectivity index is 1.96. The van der Waals surface area contributed by atoms with Crippen molar-refractivity contribution in [2.45, 2.75) is 4.90 Å². The molecule has 110 valence electrons. The third-order valence-corrected chi connectivity index (χ3v) is 5.19. The number of rotatable bonds is 3. The average molecular weight is 331 g/mol. The Morgan fingerprint density at radius 2 is 1.86 bits per heavy atom. The number of anilines is 1. The van der Waals surface area contributed by atoms with E-state index in [2.05, 4.69) is 9.71 Å². The Kier molecular flexibility index (Phi) is 3.44. The standard InChI is InChI=1S/C14H9N3O3S2/c15-8-9-1-3-10(4-2-9)17-22(19,20)11-5-6-12-13(7-11)21-14(18)16-12/h1-7,17H,(H,16,18). The molecule has 0 spiro atoms. The number of hydrogen-bond acceptors (Lipinski definition) is 5. The van der Waals surface area contributed by atoms with Gasteiger partial charge in [-0.1, -0.05) is 11.3 Å². The second kappa shape index (κ2) is 5.29. The fraction of sp³-hybridized carbons (Fsp3) is 0. The van der Waals surface area contributed by atoms with Crippen LogP contribution in [-0.2, 0) is 10.0 Å². The largest absolute Gasteiger partial charge is 0.312 e. The number of nitrogens with zero attached hydrogens (tertiary/aromatic N) is 1. The number of nitriles is 1. The summed E-state index contributed by atoms with van der Waals surface area (Å²) in [5.41, 5.74) is 1.41. The third kappa shape index (κ3) is 2.72. The molecule has 0 unspecified atom stereocenters. The molecule has 1 aromatic heterocycles. The topological polar surface area (TPSA) is 103 Å². The van der Waals surface area contributed by atoms with E-state index < -0.39 is 10.0 Å². The number of H-pyrrole nitrogens is 1. The van der Waals surface area contributed by atoms with Crippen LogP contribution in [0.3, 0.4) is 0 Å². The van der Waals surface area contributed by atoms with E-state index in [4.69, 9.17) is 5.26 Å². The molecule has 3 aromatic rings. The van der Waals surface area contributed by atoms with E-state index >= 15 is 0 Å². The number of aromatic amines is 1. The van der Waals surface area contributed by atoms with Crippen molar-refractivity contribution in [1.82, 2.24) is 4.98 Å². The lowest BCUT2D eigenvalue weighted by Crippen LogP contribution is -2.12. The highest BCUT2D eigenvalue weighted by molar-refractivity contribution is 7.92. The predicted octanol–water partition coefficient (Wildman–Crippen LogP) is 2.26. The van der Waals surface area contributed by atoms with Gasteiger partial charge < -0.3 is 4.98 Å². The van der Waals surface area contributed by atoms with Crippen LogP contribution in [0.2, 0.25) is 0 Å². The molecule has 2 aromatic carbocycles. The van der Waals surface area contributed by atoms with Gasteiger partial charge in [-0.15, -0.1) is 0 Å². The van der Waals surface area contributed by atoms with E-state index in [9.17, 15) is 13.2 Å². The lowest BCUT2D eigenvalue weighted by molar-refractivity contribution is 0.601. The normalized spacial score (nSPS) is 11.2. The molecule has 0 aliphatic carbocycles. The van der Waals surface area contributed by atoms with Crippen molar-refractivity contribution in [2.75, 3.05) is 4.72 Å². The van der Waals surface area contributed by atoms with Gasteiger partial charge >= 0.3 is 4.87 Å². The summed E-state index contributed by atoms with van der Waals surface area (Å²) in [7, 11) is -3.76. The molecule has 22 heavy (non-hydrogen) atoms. The first kappa shape index (κ1) is 14.3. The van der Waals surface area contributed by atoms with Crippen molar-refractivity contribution in [3.63, 3.8) is 0 Å². The number of fused-ring (bicyclic) bond motifs is 1. The summed E-state index contributed by atoms with van der Waals surface area (Å²) in [6.45, 7) is 0. The van der Waals surface area contributed by atoms with E-state index in [1.807, 2.05) is 6.07 Å². The van der Waals surface area contributed by atoms with Gasteiger partial charge in [-0.25, -0.2) is 8.42 Å². The van der Waals surface area contributed by atoms with Crippen LogP contribution in [0.4, 0.5) is 5.69 Å². The van der Waals surface area contributed by atoms with E-state index in [0.717, 1.165) is 11.3 Å². The maximum Gasteiger partial charge on any atom is 0.305 e. The summed E-state index contributed by atoms with van der Waals surface area (Å²) in [4.78, 5) is 13.7. The van der Waals surface area contributed by atoms with Crippen LogP contribution in [0.1, 0.15) is 5.56 Å². The molecule has 0 radical (unpaired) electrons. The number of benzene rings is 2. The molecule has 0 aliphatic heterocycles. The van der Waals surface area contributed by atoms with Crippen LogP contribution in [0, 0.1) is 11.3 Å². The van der Waals surface area contributed by atoms with Crippen LogP contribution in [0.15, 0.2) is 52.2 Å². The van der Waals surface area contributed by atoms with Crippen LogP contribution < -0.4 is 9.60 Å². The minimum atomic E-state index is -3.76. The van der Waals surface area contributed by atoms with Crippen molar-refractivity contribution in [3.05, 3.63) is 57.7 Å². The molecule has 0 amide bonds. The first-order valence-corrected chi connectivity index (χ1v) is 8.44. The quantitative estimate of drug-likeness (QED) is 0.768. The fourth-order valence-corrected chi connectivity index (χ4v) is 3.85. The van der Waals surface area contributed by atoms with Gasteiger partial charge in [0.15, 0.2) is 0 Å². The van der Waals surface area contributed by atoms with Crippen molar-refractivity contribution in [3.8, 4) is 6.07 Å². The molecule has 0 saturated heterocycles. The minimum absolute atomic E-state index is 0.0691. The maximum absolute atomic E-state index is 12.3.